The molecule has 0 aliphatic heterocycles. The number of nitro benzene ring substituents is 1. The van der Waals surface area contributed by atoms with Gasteiger partial charge in [-0.2, -0.15) is 0 Å². The zero-order valence-electron chi connectivity index (χ0n) is 20.2. The Balaban J connectivity index is 0.000000165. The molecule has 1 heterocycles. The Kier molecular flexibility index (Phi) is 6.34. The monoisotopic (exact) mass is 478 g/mol. The number of pyridine rings is 1. The van der Waals surface area contributed by atoms with E-state index < -0.39 is 0 Å². The number of fused-ring (bicyclic) bond motifs is 6. The molecule has 0 amide bonds. The van der Waals surface area contributed by atoms with Gasteiger partial charge in [0.1, 0.15) is 0 Å². The summed E-state index contributed by atoms with van der Waals surface area (Å²) in [5.74, 6) is 0.365. The van der Waals surface area contributed by atoms with E-state index in [1.165, 1.54) is 18.2 Å². The number of non-ortho nitro benzene ring substituents is 1. The van der Waals surface area contributed by atoms with Gasteiger partial charge in [0.25, 0.3) is 5.69 Å². The topological polar surface area (TPSA) is 82.3 Å². The molecule has 0 fully saturated rings. The van der Waals surface area contributed by atoms with Crippen molar-refractivity contribution in [2.75, 3.05) is 7.11 Å². The number of carbonyl (C=O) groups is 1. The van der Waals surface area contributed by atoms with E-state index in [1.807, 2.05) is 42.5 Å². The van der Waals surface area contributed by atoms with Crippen molar-refractivity contribution < 1.29 is 14.5 Å². The molecule has 0 N–H and O–H groups in total. The Morgan fingerprint density at radius 1 is 0.972 bits per heavy atom. The Morgan fingerprint density at radius 3 is 2.53 bits per heavy atom. The second-order valence-electron chi connectivity index (χ2n) is 9.24. The lowest BCUT2D eigenvalue weighted by Crippen LogP contribution is -2.11. The first-order valence-electron chi connectivity index (χ1n) is 12.0. The summed E-state index contributed by atoms with van der Waals surface area (Å²) >= 11 is 0. The first-order chi connectivity index (χ1) is 17.5. The van der Waals surface area contributed by atoms with Gasteiger partial charge in [-0.1, -0.05) is 49.4 Å². The largest absolute Gasteiger partial charge is 0.465 e. The molecule has 0 radical (unpaired) electrons. The maximum atomic E-state index is 11.5. The predicted molar refractivity (Wildman–Crippen MR) is 142 cm³/mol. The Labute approximate surface area is 208 Å². The van der Waals surface area contributed by atoms with Gasteiger partial charge in [0.05, 0.1) is 23.0 Å². The molecule has 36 heavy (non-hydrogen) atoms. The minimum absolute atomic E-state index is 0.218. The number of benzene rings is 4. The molecular formula is C30H26N2O4. The lowest BCUT2D eigenvalue weighted by atomic mass is 9.81. The minimum Gasteiger partial charge on any atom is -0.465 e. The highest BCUT2D eigenvalue weighted by Gasteiger charge is 2.21. The van der Waals surface area contributed by atoms with Gasteiger partial charge in [-0.05, 0) is 76.1 Å². The van der Waals surface area contributed by atoms with Crippen LogP contribution >= 0.6 is 0 Å². The number of hydrogen-bond donors (Lipinski definition) is 0. The quantitative estimate of drug-likeness (QED) is 0.118. The van der Waals surface area contributed by atoms with Gasteiger partial charge in [-0.3, -0.25) is 15.1 Å². The molecule has 0 bridgehead atoms. The fourth-order valence-corrected chi connectivity index (χ4v) is 5.17. The highest BCUT2D eigenvalue weighted by atomic mass is 16.6. The fraction of sp³-hybridized carbons (Fsp3) is 0.200. The predicted octanol–water partition coefficient (Wildman–Crippen LogP) is 7.05. The fourth-order valence-electron chi connectivity index (χ4n) is 5.17. The molecule has 5 aromatic rings. The number of aromatic nitrogens is 1. The van der Waals surface area contributed by atoms with Crippen molar-refractivity contribution in [3.05, 3.63) is 106 Å². The number of carbonyl (C=O) groups excluding carboxylic acids is 1. The first-order valence-corrected chi connectivity index (χ1v) is 12.0. The van der Waals surface area contributed by atoms with Crippen molar-refractivity contribution in [3.8, 4) is 0 Å². The number of ether oxygens (including phenoxy) is 1. The standard InChI is InChI=1S/C19H17NO2.C11H9NO2/c1-12-6-8-14-13(10-12)7-9-16-15-4-2-3-5-17(15)19(20(21)22)11-18(14)16;1-14-11(13)9-4-2-3-8-5-6-12-7-10(8)9/h2-5,7,9,11-12H,6,8,10H2,1H3;2-7H,1H3. The molecule has 0 spiro atoms. The number of esters is 1. The van der Waals surface area contributed by atoms with E-state index in [0.717, 1.165) is 51.6 Å². The molecule has 6 rings (SSSR count). The molecule has 6 heteroatoms. The van der Waals surface area contributed by atoms with Crippen LogP contribution in [-0.2, 0) is 17.6 Å². The highest BCUT2D eigenvalue weighted by molar-refractivity contribution is 6.12. The van der Waals surface area contributed by atoms with Crippen LogP contribution < -0.4 is 0 Å². The molecule has 1 unspecified atom stereocenters. The lowest BCUT2D eigenvalue weighted by molar-refractivity contribution is -0.382. The Morgan fingerprint density at radius 2 is 1.75 bits per heavy atom. The van der Waals surface area contributed by atoms with Crippen LogP contribution in [0.25, 0.3) is 32.3 Å². The maximum Gasteiger partial charge on any atom is 0.338 e. The maximum absolute atomic E-state index is 11.5. The molecular weight excluding hydrogens is 452 g/mol. The van der Waals surface area contributed by atoms with Gasteiger partial charge in [0.15, 0.2) is 0 Å². The third-order valence-electron chi connectivity index (χ3n) is 6.97. The van der Waals surface area contributed by atoms with Crippen molar-refractivity contribution in [2.45, 2.75) is 26.2 Å². The number of methoxy groups -OCH3 is 1. The van der Waals surface area contributed by atoms with Gasteiger partial charge >= 0.3 is 5.97 Å². The summed E-state index contributed by atoms with van der Waals surface area (Å²) in [7, 11) is 1.37. The molecule has 0 saturated heterocycles. The molecule has 1 aliphatic carbocycles. The summed E-state index contributed by atoms with van der Waals surface area (Å²) in [4.78, 5) is 26.6. The zero-order valence-corrected chi connectivity index (χ0v) is 20.2. The van der Waals surface area contributed by atoms with Crippen LogP contribution in [0.5, 0.6) is 0 Å². The van der Waals surface area contributed by atoms with Crippen molar-refractivity contribution in [1.29, 1.82) is 0 Å². The van der Waals surface area contributed by atoms with Crippen LogP contribution in [0.3, 0.4) is 0 Å². The summed E-state index contributed by atoms with van der Waals surface area (Å²) in [5, 5.41) is 17.2. The van der Waals surface area contributed by atoms with E-state index in [0.29, 0.717) is 11.5 Å². The smallest absolute Gasteiger partial charge is 0.338 e. The van der Waals surface area contributed by atoms with Gasteiger partial charge in [-0.25, -0.2) is 4.79 Å². The molecule has 0 saturated carbocycles. The summed E-state index contributed by atoms with van der Waals surface area (Å²) in [5.41, 5.74) is 3.44. The molecule has 180 valence electrons. The van der Waals surface area contributed by atoms with Gasteiger partial charge < -0.3 is 4.74 Å². The van der Waals surface area contributed by atoms with E-state index in [9.17, 15) is 14.9 Å². The van der Waals surface area contributed by atoms with Crippen molar-refractivity contribution in [1.82, 2.24) is 4.98 Å². The number of rotatable bonds is 2. The third-order valence-corrected chi connectivity index (χ3v) is 6.97. The first kappa shape index (κ1) is 23.4. The summed E-state index contributed by atoms with van der Waals surface area (Å²) < 4.78 is 4.68. The normalized spacial score (nSPS) is 14.7. The molecule has 4 aromatic carbocycles. The van der Waals surface area contributed by atoms with Gasteiger partial charge in [-0.15, -0.1) is 0 Å². The van der Waals surface area contributed by atoms with Crippen LogP contribution in [-0.4, -0.2) is 23.0 Å². The zero-order chi connectivity index (χ0) is 25.2. The molecule has 1 aliphatic rings. The molecule has 6 nitrogen and oxygen atoms in total. The van der Waals surface area contributed by atoms with Crippen LogP contribution in [0.2, 0.25) is 0 Å². The second kappa shape index (κ2) is 9.74. The van der Waals surface area contributed by atoms with E-state index in [1.54, 1.807) is 24.5 Å². The summed E-state index contributed by atoms with van der Waals surface area (Å²) in [6.07, 6.45) is 6.62. The number of nitro groups is 1. The van der Waals surface area contributed by atoms with E-state index in [4.69, 9.17) is 0 Å². The average molecular weight is 479 g/mol. The van der Waals surface area contributed by atoms with E-state index in [2.05, 4.69) is 28.8 Å². The van der Waals surface area contributed by atoms with Crippen molar-refractivity contribution >= 4 is 44.0 Å². The molecule has 1 aromatic heterocycles. The third kappa shape index (κ3) is 4.26. The van der Waals surface area contributed by atoms with Crippen LogP contribution in [0.15, 0.2) is 79.1 Å². The number of aryl methyl sites for hydroxylation is 1. The minimum atomic E-state index is -0.330. The molecule has 1 atom stereocenters. The van der Waals surface area contributed by atoms with Crippen LogP contribution in [0.4, 0.5) is 5.69 Å². The van der Waals surface area contributed by atoms with Crippen molar-refractivity contribution in [3.63, 3.8) is 0 Å². The van der Waals surface area contributed by atoms with Gasteiger partial charge in [0.2, 0.25) is 0 Å². The highest BCUT2D eigenvalue weighted by Crippen LogP contribution is 2.38. The second-order valence-corrected chi connectivity index (χ2v) is 9.24. The van der Waals surface area contributed by atoms with E-state index >= 15 is 0 Å². The summed E-state index contributed by atoms with van der Waals surface area (Å²) in [6, 6.07) is 21.1. The van der Waals surface area contributed by atoms with Crippen LogP contribution in [0.1, 0.15) is 34.8 Å². The lowest BCUT2D eigenvalue weighted by Gasteiger charge is -2.23. The Bertz CT molecular complexity index is 1620. The Hall–Kier alpha value is -4.32. The number of hydrogen-bond acceptors (Lipinski definition) is 5. The van der Waals surface area contributed by atoms with Crippen LogP contribution in [0, 0.1) is 16.0 Å². The van der Waals surface area contributed by atoms with E-state index in [-0.39, 0.29) is 16.6 Å². The summed E-state index contributed by atoms with van der Waals surface area (Å²) in [6.45, 7) is 2.27. The van der Waals surface area contributed by atoms with Gasteiger partial charge in [0, 0.05) is 23.8 Å². The average Bonchev–Trinajstić information content (AvgIpc) is 2.91. The van der Waals surface area contributed by atoms with Crippen molar-refractivity contribution in [2.24, 2.45) is 5.92 Å². The number of nitrogens with zero attached hydrogens (tertiary/aromatic N) is 2. The SMILES string of the molecule is CC1CCc2c(ccc3c2cc([N+](=O)[O-])c2ccccc23)C1.COC(=O)c1cccc2ccncc12.